The number of halogens is 3. The van der Waals surface area contributed by atoms with Gasteiger partial charge in [0.25, 0.3) is 5.91 Å². The van der Waals surface area contributed by atoms with Crippen molar-refractivity contribution in [2.24, 2.45) is 5.41 Å². The Bertz CT molecular complexity index is 767. The lowest BCUT2D eigenvalue weighted by Gasteiger charge is -2.41. The highest BCUT2D eigenvalue weighted by atomic mass is 19.4. The molecule has 0 aromatic carbocycles. The Morgan fingerprint density at radius 2 is 2.15 bits per heavy atom. The molecule has 9 heteroatoms. The smallest absolute Gasteiger partial charge is 0.425 e. The van der Waals surface area contributed by atoms with E-state index in [-0.39, 0.29) is 17.4 Å². The maximum absolute atomic E-state index is 12.9. The number of carbonyl (C=O) groups is 1. The van der Waals surface area contributed by atoms with Gasteiger partial charge < -0.3 is 14.8 Å². The maximum Gasteiger partial charge on any atom is 0.425 e. The minimum absolute atomic E-state index is 0.00849. The summed E-state index contributed by atoms with van der Waals surface area (Å²) in [5.74, 6) is -0.529. The Hall–Kier alpha value is -2.34. The Kier molecular flexibility index (Phi) is 5.04. The number of nitrogens with one attached hydrogen (secondary N) is 1. The van der Waals surface area contributed by atoms with Gasteiger partial charge in [0.1, 0.15) is 17.5 Å². The molecule has 0 bridgehead atoms. The second-order valence-corrected chi connectivity index (χ2v) is 7.37. The first-order chi connectivity index (χ1) is 12.6. The van der Waals surface area contributed by atoms with Crippen molar-refractivity contribution in [3.8, 4) is 11.8 Å². The highest BCUT2D eigenvalue weighted by molar-refractivity contribution is 5.93. The first kappa shape index (κ1) is 19.4. The summed E-state index contributed by atoms with van der Waals surface area (Å²) in [4.78, 5) is 16.6. The molecule has 2 aliphatic rings. The molecule has 0 radical (unpaired) electrons. The lowest BCUT2D eigenvalue weighted by atomic mass is 9.81. The Balaban J connectivity index is 1.80. The molecular weight excluding hydrogens is 363 g/mol. The maximum atomic E-state index is 12.9. The van der Waals surface area contributed by atoms with Gasteiger partial charge in [-0.1, -0.05) is 6.92 Å². The van der Waals surface area contributed by atoms with Crippen molar-refractivity contribution in [2.75, 3.05) is 13.2 Å². The van der Waals surface area contributed by atoms with E-state index in [2.05, 4.69) is 10.3 Å². The molecule has 1 saturated carbocycles. The summed E-state index contributed by atoms with van der Waals surface area (Å²) in [5, 5.41) is 11.9. The first-order valence-corrected chi connectivity index (χ1v) is 8.65. The predicted octanol–water partition coefficient (Wildman–Crippen LogP) is 2.95. The summed E-state index contributed by atoms with van der Waals surface area (Å²) in [5.41, 5.74) is -0.0191. The molecule has 6 nitrogen and oxygen atoms in total. The molecule has 27 heavy (non-hydrogen) atoms. The summed E-state index contributed by atoms with van der Waals surface area (Å²) >= 11 is 0. The molecule has 1 saturated heterocycles. The van der Waals surface area contributed by atoms with E-state index < -0.39 is 29.6 Å². The topological polar surface area (TPSA) is 84.2 Å². The molecule has 0 spiro atoms. The number of rotatable bonds is 6. The quantitative estimate of drug-likeness (QED) is 0.817. The van der Waals surface area contributed by atoms with Crippen molar-refractivity contribution < 1.29 is 27.4 Å². The van der Waals surface area contributed by atoms with Crippen LogP contribution in [0.2, 0.25) is 0 Å². The zero-order chi connectivity index (χ0) is 19.8. The standard InChI is InChI=1S/C18H20F3N3O3/c1-10(18(19,20)21)27-14-5-13(23-7-12(14)11-3-4-11)16(25)24-15(6-22)17(2)8-26-9-17/h5,7,10-11,15H,3-4,8-9H2,1-2H3,(H,24,25). The average Bonchev–Trinajstić information content (AvgIpc) is 3.41. The van der Waals surface area contributed by atoms with Crippen LogP contribution in [0, 0.1) is 16.7 Å². The number of hydrogen-bond acceptors (Lipinski definition) is 5. The van der Waals surface area contributed by atoms with E-state index in [0.29, 0.717) is 18.8 Å². The van der Waals surface area contributed by atoms with Crippen LogP contribution < -0.4 is 10.1 Å². The van der Waals surface area contributed by atoms with Crippen molar-refractivity contribution in [3.63, 3.8) is 0 Å². The number of pyridine rings is 1. The minimum Gasteiger partial charge on any atom is -0.481 e. The van der Waals surface area contributed by atoms with Crippen LogP contribution in [-0.2, 0) is 4.74 Å². The van der Waals surface area contributed by atoms with Gasteiger partial charge in [0, 0.05) is 23.2 Å². The summed E-state index contributed by atoms with van der Waals surface area (Å²) in [7, 11) is 0. The fraction of sp³-hybridized carbons (Fsp3) is 0.611. The molecule has 3 rings (SSSR count). The van der Waals surface area contributed by atoms with Gasteiger partial charge in [-0.15, -0.1) is 0 Å². The van der Waals surface area contributed by atoms with Gasteiger partial charge in [-0.2, -0.15) is 18.4 Å². The molecule has 1 N–H and O–H groups in total. The highest BCUT2D eigenvalue weighted by Crippen LogP contribution is 2.44. The van der Waals surface area contributed by atoms with Crippen LogP contribution >= 0.6 is 0 Å². The molecule has 1 aliphatic carbocycles. The van der Waals surface area contributed by atoms with E-state index in [9.17, 15) is 23.2 Å². The van der Waals surface area contributed by atoms with Crippen molar-refractivity contribution in [1.82, 2.24) is 10.3 Å². The number of ether oxygens (including phenoxy) is 2. The highest BCUT2D eigenvalue weighted by Gasteiger charge is 2.43. The molecule has 1 aliphatic heterocycles. The SMILES string of the molecule is CC(Oc1cc(C(=O)NC(C#N)C2(C)COC2)ncc1C1CC1)C(F)(F)F. The van der Waals surface area contributed by atoms with Crippen LogP contribution in [-0.4, -0.2) is 42.4 Å². The normalized spacial score (nSPS) is 20.7. The zero-order valence-electron chi connectivity index (χ0n) is 15.0. The van der Waals surface area contributed by atoms with Gasteiger partial charge in [-0.3, -0.25) is 9.78 Å². The zero-order valence-corrected chi connectivity index (χ0v) is 15.0. The van der Waals surface area contributed by atoms with Gasteiger partial charge in [0.15, 0.2) is 6.10 Å². The van der Waals surface area contributed by atoms with Crippen LogP contribution in [0.25, 0.3) is 0 Å². The van der Waals surface area contributed by atoms with Crippen LogP contribution in [0.1, 0.15) is 48.7 Å². The fourth-order valence-electron chi connectivity index (χ4n) is 2.79. The minimum atomic E-state index is -4.52. The number of nitrogens with zero attached hydrogens (tertiary/aromatic N) is 2. The number of amides is 1. The van der Waals surface area contributed by atoms with Gasteiger partial charge in [-0.25, -0.2) is 0 Å². The molecule has 2 heterocycles. The summed E-state index contributed by atoms with van der Waals surface area (Å²) in [6.07, 6.45) is -3.44. The predicted molar refractivity (Wildman–Crippen MR) is 88.2 cm³/mol. The first-order valence-electron chi connectivity index (χ1n) is 8.65. The van der Waals surface area contributed by atoms with Gasteiger partial charge in [0.2, 0.25) is 0 Å². The molecular formula is C18H20F3N3O3. The van der Waals surface area contributed by atoms with Gasteiger partial charge >= 0.3 is 6.18 Å². The van der Waals surface area contributed by atoms with Crippen molar-refractivity contribution in [2.45, 2.75) is 50.9 Å². The Morgan fingerprint density at radius 1 is 1.48 bits per heavy atom. The number of carbonyl (C=O) groups excluding carboxylic acids is 1. The van der Waals surface area contributed by atoms with E-state index in [1.165, 1.54) is 12.3 Å². The van der Waals surface area contributed by atoms with Gasteiger partial charge in [-0.05, 0) is 25.7 Å². The molecule has 2 atom stereocenters. The third kappa shape index (κ3) is 4.16. The van der Waals surface area contributed by atoms with Crippen LogP contribution in [0.15, 0.2) is 12.3 Å². The van der Waals surface area contributed by atoms with Gasteiger partial charge in [0.05, 0.1) is 19.3 Å². The molecule has 146 valence electrons. The third-order valence-corrected chi connectivity index (χ3v) is 4.87. The molecule has 1 aromatic rings. The van der Waals surface area contributed by atoms with Crippen molar-refractivity contribution in [1.29, 1.82) is 5.26 Å². The van der Waals surface area contributed by atoms with Crippen LogP contribution in [0.3, 0.4) is 0 Å². The fourth-order valence-corrected chi connectivity index (χ4v) is 2.79. The Labute approximate surface area is 154 Å². The number of hydrogen-bond donors (Lipinski definition) is 1. The van der Waals surface area contributed by atoms with E-state index in [4.69, 9.17) is 9.47 Å². The summed E-state index contributed by atoms with van der Waals surface area (Å²) in [6, 6.07) is 2.46. The molecule has 2 unspecified atom stereocenters. The van der Waals surface area contributed by atoms with Crippen LogP contribution in [0.4, 0.5) is 13.2 Å². The van der Waals surface area contributed by atoms with E-state index in [1.54, 1.807) is 0 Å². The van der Waals surface area contributed by atoms with E-state index in [1.807, 2.05) is 13.0 Å². The average molecular weight is 383 g/mol. The summed E-state index contributed by atoms with van der Waals surface area (Å²) < 4.78 is 48.8. The monoisotopic (exact) mass is 383 g/mol. The summed E-state index contributed by atoms with van der Waals surface area (Å²) in [6.45, 7) is 3.42. The van der Waals surface area contributed by atoms with Crippen molar-refractivity contribution in [3.05, 3.63) is 23.5 Å². The Morgan fingerprint density at radius 3 is 2.63 bits per heavy atom. The third-order valence-electron chi connectivity index (χ3n) is 4.87. The largest absolute Gasteiger partial charge is 0.481 e. The van der Waals surface area contributed by atoms with E-state index >= 15 is 0 Å². The number of alkyl halides is 3. The number of nitriles is 1. The number of aromatic nitrogens is 1. The van der Waals surface area contributed by atoms with Crippen molar-refractivity contribution >= 4 is 5.91 Å². The van der Waals surface area contributed by atoms with Crippen LogP contribution in [0.5, 0.6) is 5.75 Å². The molecule has 1 amide bonds. The molecule has 2 fully saturated rings. The second-order valence-electron chi connectivity index (χ2n) is 7.37. The van der Waals surface area contributed by atoms with E-state index in [0.717, 1.165) is 19.8 Å². The molecule has 1 aromatic heterocycles. The lowest BCUT2D eigenvalue weighted by Crippen LogP contribution is -2.55. The second kappa shape index (κ2) is 7.00. The lowest BCUT2D eigenvalue weighted by molar-refractivity contribution is -0.189.